The Bertz CT molecular complexity index is 3880. The number of furan rings is 2. The third kappa shape index (κ3) is 5.26. The Kier molecular flexibility index (Phi) is 7.21. The predicted octanol–water partition coefficient (Wildman–Crippen LogP) is 14.6. The van der Waals surface area contributed by atoms with E-state index in [4.69, 9.17) is 23.8 Å². The van der Waals surface area contributed by atoms with E-state index in [2.05, 4.69) is 150 Å². The Morgan fingerprint density at radius 3 is 1.74 bits per heavy atom. The summed E-state index contributed by atoms with van der Waals surface area (Å²) >= 11 is 0. The molecule has 13 rings (SSSR count). The van der Waals surface area contributed by atoms with E-state index in [0.29, 0.717) is 17.5 Å². The van der Waals surface area contributed by atoms with Crippen LogP contribution in [-0.4, -0.2) is 19.5 Å². The molecule has 9 aromatic carbocycles. The maximum atomic E-state index is 6.61. The maximum absolute atomic E-state index is 6.61. The minimum atomic E-state index is 0.529. The molecule has 0 aliphatic heterocycles. The normalized spacial score (nSPS) is 11.9. The van der Waals surface area contributed by atoms with Gasteiger partial charge in [0, 0.05) is 49.0 Å². The van der Waals surface area contributed by atoms with Gasteiger partial charge in [0.1, 0.15) is 22.3 Å². The van der Waals surface area contributed by atoms with E-state index in [1.807, 2.05) is 48.5 Å². The average Bonchev–Trinajstić information content (AvgIpc) is 3.99. The van der Waals surface area contributed by atoms with E-state index in [1.54, 1.807) is 0 Å². The quantitative estimate of drug-likeness (QED) is 0.174. The number of aromatic nitrogens is 4. The van der Waals surface area contributed by atoms with Crippen molar-refractivity contribution >= 4 is 76.5 Å². The molecule has 0 N–H and O–H groups in total. The van der Waals surface area contributed by atoms with Crippen LogP contribution >= 0.6 is 0 Å². The molecule has 4 aromatic heterocycles. The third-order valence-electron chi connectivity index (χ3n) is 12.0. The standard InChI is InChI=1S/C55H32N4O2/c1-2-13-33(14-3-1)34-25-27-35(28-26-34)53-56-54(41-20-12-24-50-52(41)40-19-8-11-23-49(40)60-50)58-55(57-53)44-32-51-43(39-18-7-10-22-48(39)61-51)31-47(44)59-45-21-9-6-17-38(45)42-29-36-15-4-5-16-37(36)30-46(42)59/h1-32H. The molecule has 0 atom stereocenters. The fourth-order valence-corrected chi connectivity index (χ4v) is 9.19. The Hall–Kier alpha value is -8.35. The Morgan fingerprint density at radius 2 is 0.918 bits per heavy atom. The van der Waals surface area contributed by atoms with Gasteiger partial charge in [0.2, 0.25) is 0 Å². The molecule has 13 aromatic rings. The lowest BCUT2D eigenvalue weighted by molar-refractivity contribution is 0.668. The van der Waals surface area contributed by atoms with Crippen molar-refractivity contribution in [1.82, 2.24) is 19.5 Å². The van der Waals surface area contributed by atoms with Crippen LogP contribution in [0, 0.1) is 0 Å². The van der Waals surface area contributed by atoms with Crippen molar-refractivity contribution in [3.8, 4) is 51.0 Å². The summed E-state index contributed by atoms with van der Waals surface area (Å²) in [6, 6.07) is 67.5. The topological polar surface area (TPSA) is 69.9 Å². The summed E-state index contributed by atoms with van der Waals surface area (Å²) in [4.78, 5) is 16.1. The van der Waals surface area contributed by atoms with E-state index in [9.17, 15) is 0 Å². The first-order valence-electron chi connectivity index (χ1n) is 20.4. The van der Waals surface area contributed by atoms with Gasteiger partial charge >= 0.3 is 0 Å². The molecule has 0 spiro atoms. The molecule has 0 radical (unpaired) electrons. The van der Waals surface area contributed by atoms with Gasteiger partial charge in [-0.2, -0.15) is 0 Å². The van der Waals surface area contributed by atoms with Crippen LogP contribution in [0.2, 0.25) is 0 Å². The first-order valence-corrected chi connectivity index (χ1v) is 20.4. The van der Waals surface area contributed by atoms with Crippen LogP contribution in [0.5, 0.6) is 0 Å². The SMILES string of the molecule is c1ccc(-c2ccc(-c3nc(-c4cc5oc6ccccc6c5cc4-n4c5ccccc5c5cc6ccccc6cc54)nc(-c4cccc5oc6ccccc6c45)n3)cc2)cc1. The number of para-hydroxylation sites is 3. The molecule has 6 nitrogen and oxygen atoms in total. The largest absolute Gasteiger partial charge is 0.456 e. The molecular weight excluding hydrogens is 749 g/mol. The zero-order chi connectivity index (χ0) is 40.0. The molecule has 0 unspecified atom stereocenters. The van der Waals surface area contributed by atoms with Crippen LogP contribution in [0.1, 0.15) is 0 Å². The van der Waals surface area contributed by atoms with Crippen LogP contribution in [0.4, 0.5) is 0 Å². The fourth-order valence-electron chi connectivity index (χ4n) is 9.19. The monoisotopic (exact) mass is 780 g/mol. The summed E-state index contributed by atoms with van der Waals surface area (Å²) in [6.45, 7) is 0. The highest BCUT2D eigenvalue weighted by Crippen LogP contribution is 2.42. The molecule has 0 saturated heterocycles. The third-order valence-corrected chi connectivity index (χ3v) is 12.0. The molecule has 0 aliphatic rings. The van der Waals surface area contributed by atoms with Gasteiger partial charge < -0.3 is 13.4 Å². The van der Waals surface area contributed by atoms with Crippen LogP contribution in [0.3, 0.4) is 0 Å². The highest BCUT2D eigenvalue weighted by Gasteiger charge is 2.24. The van der Waals surface area contributed by atoms with Crippen molar-refractivity contribution in [2.75, 3.05) is 0 Å². The molecule has 61 heavy (non-hydrogen) atoms. The van der Waals surface area contributed by atoms with Crippen LogP contribution in [0.15, 0.2) is 203 Å². The highest BCUT2D eigenvalue weighted by atomic mass is 16.3. The summed E-state index contributed by atoms with van der Waals surface area (Å²) in [7, 11) is 0. The van der Waals surface area contributed by atoms with Gasteiger partial charge in [-0.1, -0.05) is 146 Å². The zero-order valence-corrected chi connectivity index (χ0v) is 32.6. The van der Waals surface area contributed by atoms with Gasteiger partial charge in [0.15, 0.2) is 17.5 Å². The van der Waals surface area contributed by atoms with Crippen molar-refractivity contribution < 1.29 is 8.83 Å². The van der Waals surface area contributed by atoms with Gasteiger partial charge in [-0.3, -0.25) is 0 Å². The van der Waals surface area contributed by atoms with Gasteiger partial charge in [0.25, 0.3) is 0 Å². The molecule has 0 fully saturated rings. The molecule has 4 heterocycles. The lowest BCUT2D eigenvalue weighted by Gasteiger charge is -2.15. The van der Waals surface area contributed by atoms with Crippen molar-refractivity contribution in [1.29, 1.82) is 0 Å². The molecule has 0 saturated carbocycles. The average molecular weight is 781 g/mol. The van der Waals surface area contributed by atoms with Crippen molar-refractivity contribution in [3.63, 3.8) is 0 Å². The number of rotatable bonds is 5. The number of hydrogen-bond acceptors (Lipinski definition) is 5. The first kappa shape index (κ1) is 33.6. The van der Waals surface area contributed by atoms with Crippen molar-refractivity contribution in [2.45, 2.75) is 0 Å². The van der Waals surface area contributed by atoms with Crippen molar-refractivity contribution in [3.05, 3.63) is 194 Å². The minimum Gasteiger partial charge on any atom is -0.456 e. The second-order valence-electron chi connectivity index (χ2n) is 15.6. The van der Waals surface area contributed by atoms with Crippen LogP contribution in [-0.2, 0) is 0 Å². The van der Waals surface area contributed by atoms with Gasteiger partial charge in [-0.05, 0) is 70.4 Å². The molecular formula is C55H32N4O2. The van der Waals surface area contributed by atoms with Gasteiger partial charge in [0.05, 0.1) is 16.7 Å². The van der Waals surface area contributed by atoms with Gasteiger partial charge in [-0.15, -0.1) is 0 Å². The van der Waals surface area contributed by atoms with Crippen molar-refractivity contribution in [2.24, 2.45) is 0 Å². The van der Waals surface area contributed by atoms with E-state index < -0.39 is 0 Å². The molecule has 0 bridgehead atoms. The minimum absolute atomic E-state index is 0.529. The molecule has 0 amide bonds. The van der Waals surface area contributed by atoms with E-state index in [0.717, 1.165) is 88.4 Å². The summed E-state index contributed by atoms with van der Waals surface area (Å²) < 4.78 is 15.3. The second kappa shape index (κ2) is 13.1. The smallest absolute Gasteiger partial charge is 0.166 e. The lowest BCUT2D eigenvalue weighted by Crippen LogP contribution is -2.04. The Morgan fingerprint density at radius 1 is 0.328 bits per heavy atom. The maximum Gasteiger partial charge on any atom is 0.166 e. The van der Waals surface area contributed by atoms with E-state index in [1.165, 1.54) is 21.5 Å². The zero-order valence-electron chi connectivity index (χ0n) is 32.6. The molecule has 0 aliphatic carbocycles. The number of nitrogens with zero attached hydrogens (tertiary/aromatic N) is 4. The predicted molar refractivity (Wildman–Crippen MR) is 248 cm³/mol. The number of fused-ring (bicyclic) bond motifs is 10. The second-order valence-corrected chi connectivity index (χ2v) is 15.6. The summed E-state index contributed by atoms with van der Waals surface area (Å²) in [5.74, 6) is 1.64. The molecule has 284 valence electrons. The summed E-state index contributed by atoms with van der Waals surface area (Å²) in [5, 5.41) is 8.73. The number of benzene rings is 9. The van der Waals surface area contributed by atoms with Gasteiger partial charge in [-0.25, -0.2) is 15.0 Å². The fraction of sp³-hybridized carbons (Fsp3) is 0. The Balaban J connectivity index is 1.13. The Labute approximate surface area is 348 Å². The highest BCUT2D eigenvalue weighted by molar-refractivity contribution is 6.15. The van der Waals surface area contributed by atoms with E-state index >= 15 is 0 Å². The number of hydrogen-bond donors (Lipinski definition) is 0. The summed E-state index contributed by atoms with van der Waals surface area (Å²) in [6.07, 6.45) is 0. The first-order chi connectivity index (χ1) is 30.2. The van der Waals surface area contributed by atoms with Crippen LogP contribution in [0.25, 0.3) is 127 Å². The molecule has 6 heteroatoms. The lowest BCUT2D eigenvalue weighted by atomic mass is 10.0. The van der Waals surface area contributed by atoms with Crippen LogP contribution < -0.4 is 0 Å². The van der Waals surface area contributed by atoms with E-state index in [-0.39, 0.29) is 0 Å². The summed E-state index contributed by atoms with van der Waals surface area (Å²) in [5.41, 5.74) is 11.1.